The number of anilines is 1. The van der Waals surface area contributed by atoms with Crippen LogP contribution in [0.3, 0.4) is 0 Å². The molecule has 2 rings (SSSR count). The number of rotatable bonds is 1. The molecule has 2 aromatic rings. The van der Waals surface area contributed by atoms with Gasteiger partial charge in [-0.2, -0.15) is 5.10 Å². The fraction of sp³-hybridized carbons (Fsp3) is 0.182. The monoisotopic (exact) mass is 281 g/mol. The summed E-state index contributed by atoms with van der Waals surface area (Å²) in [5.74, 6) is 0.609. The normalized spacial score (nSPS) is 10.7. The van der Waals surface area contributed by atoms with Crippen LogP contribution in [0.1, 0.15) is 11.1 Å². The van der Waals surface area contributed by atoms with Gasteiger partial charge in [0.25, 0.3) is 0 Å². The number of aryl methyl sites for hydroxylation is 1. The highest BCUT2D eigenvalue weighted by atomic mass is 79.9. The highest BCUT2D eigenvalue weighted by Gasteiger charge is 2.15. The number of phenols is 1. The van der Waals surface area contributed by atoms with Gasteiger partial charge in [-0.05, 0) is 47.0 Å². The van der Waals surface area contributed by atoms with Gasteiger partial charge >= 0.3 is 0 Å². The minimum Gasteiger partial charge on any atom is -0.506 e. The molecule has 0 amide bonds. The Morgan fingerprint density at radius 3 is 2.62 bits per heavy atom. The Hall–Kier alpha value is -1.49. The first kappa shape index (κ1) is 11.0. The molecule has 0 aliphatic heterocycles. The van der Waals surface area contributed by atoms with Crippen molar-refractivity contribution in [3.05, 3.63) is 27.7 Å². The van der Waals surface area contributed by atoms with E-state index in [2.05, 4.69) is 26.1 Å². The topological polar surface area (TPSA) is 74.9 Å². The predicted octanol–water partition coefficient (Wildman–Crippen LogP) is 2.74. The lowest BCUT2D eigenvalue weighted by Crippen LogP contribution is -1.90. The van der Waals surface area contributed by atoms with E-state index >= 15 is 0 Å². The van der Waals surface area contributed by atoms with E-state index in [0.29, 0.717) is 10.3 Å². The molecule has 0 spiro atoms. The Morgan fingerprint density at radius 2 is 2.06 bits per heavy atom. The van der Waals surface area contributed by atoms with Crippen molar-refractivity contribution in [2.75, 3.05) is 5.73 Å². The second-order valence-electron chi connectivity index (χ2n) is 3.73. The summed E-state index contributed by atoms with van der Waals surface area (Å²) in [4.78, 5) is 0. The van der Waals surface area contributed by atoms with E-state index in [1.165, 1.54) is 0 Å². The van der Waals surface area contributed by atoms with Crippen LogP contribution in [0, 0.1) is 13.8 Å². The first-order chi connectivity index (χ1) is 7.50. The van der Waals surface area contributed by atoms with E-state index in [0.717, 1.165) is 22.4 Å². The van der Waals surface area contributed by atoms with Gasteiger partial charge in [0.2, 0.25) is 0 Å². The molecule has 4 nitrogen and oxygen atoms in total. The summed E-state index contributed by atoms with van der Waals surface area (Å²) in [6.45, 7) is 3.94. The maximum absolute atomic E-state index is 10.0. The van der Waals surface area contributed by atoms with Gasteiger partial charge in [-0.1, -0.05) is 0 Å². The van der Waals surface area contributed by atoms with E-state index in [9.17, 15) is 5.11 Å². The molecule has 1 aromatic heterocycles. The number of hydrogen-bond acceptors (Lipinski definition) is 3. The van der Waals surface area contributed by atoms with Gasteiger partial charge < -0.3 is 10.8 Å². The minimum absolute atomic E-state index is 0.201. The lowest BCUT2D eigenvalue weighted by Gasteiger charge is -2.11. The fourth-order valence-electron chi connectivity index (χ4n) is 1.66. The number of nitrogen functional groups attached to an aromatic ring is 1. The average Bonchev–Trinajstić information content (AvgIpc) is 2.62. The molecule has 1 heterocycles. The molecule has 0 radical (unpaired) electrons. The molecule has 0 saturated carbocycles. The Bertz CT molecular complexity index is 522. The number of halogens is 1. The Balaban J connectivity index is 2.73. The number of hydrogen-bond donors (Lipinski definition) is 3. The molecule has 0 aliphatic carbocycles. The molecule has 0 bridgehead atoms. The first-order valence-corrected chi connectivity index (χ1v) is 5.60. The van der Waals surface area contributed by atoms with Crippen molar-refractivity contribution in [1.82, 2.24) is 10.2 Å². The van der Waals surface area contributed by atoms with Crippen LogP contribution in [-0.4, -0.2) is 15.3 Å². The molecule has 4 N–H and O–H groups in total. The van der Waals surface area contributed by atoms with Crippen molar-refractivity contribution >= 4 is 21.7 Å². The second-order valence-corrected chi connectivity index (χ2v) is 4.58. The Labute approximate surface area is 102 Å². The zero-order valence-corrected chi connectivity index (χ0v) is 10.6. The molecule has 16 heavy (non-hydrogen) atoms. The lowest BCUT2D eigenvalue weighted by atomic mass is 10.00. The maximum Gasteiger partial charge on any atom is 0.145 e. The highest BCUT2D eigenvalue weighted by Crippen LogP contribution is 2.39. The molecule has 1 aromatic carbocycles. The van der Waals surface area contributed by atoms with Crippen LogP contribution in [0.15, 0.2) is 16.6 Å². The van der Waals surface area contributed by atoms with Gasteiger partial charge in [0, 0.05) is 11.6 Å². The van der Waals surface area contributed by atoms with Crippen LogP contribution in [0.2, 0.25) is 0 Å². The Morgan fingerprint density at radius 1 is 1.38 bits per heavy atom. The van der Waals surface area contributed by atoms with Crippen molar-refractivity contribution in [3.8, 4) is 17.0 Å². The van der Waals surface area contributed by atoms with Gasteiger partial charge in [-0.15, -0.1) is 0 Å². The molecular formula is C11H12BrN3O. The van der Waals surface area contributed by atoms with Crippen LogP contribution < -0.4 is 5.73 Å². The number of benzene rings is 1. The van der Waals surface area contributed by atoms with Crippen LogP contribution in [0.25, 0.3) is 11.3 Å². The molecule has 0 saturated heterocycles. The lowest BCUT2D eigenvalue weighted by molar-refractivity contribution is 0.473. The van der Waals surface area contributed by atoms with Crippen LogP contribution in [0.5, 0.6) is 5.75 Å². The fourth-order valence-corrected chi connectivity index (χ4v) is 2.20. The summed E-state index contributed by atoms with van der Waals surface area (Å²) in [6.07, 6.45) is 0. The van der Waals surface area contributed by atoms with Gasteiger partial charge in [-0.25, -0.2) is 0 Å². The van der Waals surface area contributed by atoms with Gasteiger partial charge in [0.1, 0.15) is 11.6 Å². The summed E-state index contributed by atoms with van der Waals surface area (Å²) < 4.78 is 0.666. The van der Waals surface area contributed by atoms with Crippen molar-refractivity contribution < 1.29 is 5.11 Å². The van der Waals surface area contributed by atoms with Gasteiger partial charge in [0.05, 0.1) is 10.2 Å². The molecule has 0 atom stereocenters. The van der Waals surface area contributed by atoms with E-state index in [4.69, 9.17) is 5.73 Å². The van der Waals surface area contributed by atoms with Crippen LogP contribution >= 0.6 is 15.9 Å². The molecule has 0 unspecified atom stereocenters. The Kier molecular flexibility index (Phi) is 2.63. The summed E-state index contributed by atoms with van der Waals surface area (Å²) in [7, 11) is 0. The van der Waals surface area contributed by atoms with Gasteiger partial charge in [-0.3, -0.25) is 5.10 Å². The van der Waals surface area contributed by atoms with Gasteiger partial charge in [0.15, 0.2) is 0 Å². The second kappa shape index (κ2) is 3.83. The quantitative estimate of drug-likeness (QED) is 0.752. The third-order valence-corrected chi connectivity index (χ3v) is 3.24. The SMILES string of the molecule is Cc1cc(Br)c(O)c(-c2cc(N)n[nH]2)c1C. The number of nitrogens with zero attached hydrogens (tertiary/aromatic N) is 1. The third-order valence-electron chi connectivity index (χ3n) is 2.64. The van der Waals surface area contributed by atoms with E-state index < -0.39 is 0 Å². The molecule has 5 heteroatoms. The third kappa shape index (κ3) is 1.67. The summed E-state index contributed by atoms with van der Waals surface area (Å²) in [5.41, 5.74) is 9.10. The summed E-state index contributed by atoms with van der Waals surface area (Å²) in [5, 5.41) is 16.7. The van der Waals surface area contributed by atoms with Crippen molar-refractivity contribution in [2.24, 2.45) is 0 Å². The zero-order chi connectivity index (χ0) is 11.9. The number of nitrogens with two attached hydrogens (primary N) is 1. The first-order valence-electron chi connectivity index (χ1n) is 4.80. The van der Waals surface area contributed by atoms with Crippen molar-refractivity contribution in [1.29, 1.82) is 0 Å². The minimum atomic E-state index is 0.201. The van der Waals surface area contributed by atoms with Crippen LogP contribution in [0.4, 0.5) is 5.82 Å². The molecule has 0 fully saturated rings. The van der Waals surface area contributed by atoms with Crippen molar-refractivity contribution in [3.63, 3.8) is 0 Å². The molecular weight excluding hydrogens is 270 g/mol. The van der Waals surface area contributed by atoms with Crippen molar-refractivity contribution in [2.45, 2.75) is 13.8 Å². The highest BCUT2D eigenvalue weighted by molar-refractivity contribution is 9.10. The van der Waals surface area contributed by atoms with E-state index in [1.807, 2.05) is 19.9 Å². The smallest absolute Gasteiger partial charge is 0.145 e. The average molecular weight is 282 g/mol. The predicted molar refractivity (Wildman–Crippen MR) is 67.3 cm³/mol. The number of phenolic OH excluding ortho intramolecular Hbond substituents is 1. The summed E-state index contributed by atoms with van der Waals surface area (Å²) >= 11 is 3.32. The largest absolute Gasteiger partial charge is 0.506 e. The molecule has 0 aliphatic rings. The number of aromatic hydroxyl groups is 1. The van der Waals surface area contributed by atoms with E-state index in [-0.39, 0.29) is 5.75 Å². The number of nitrogens with one attached hydrogen (secondary N) is 1. The molecule has 84 valence electrons. The number of aromatic amines is 1. The van der Waals surface area contributed by atoms with E-state index in [1.54, 1.807) is 6.07 Å². The maximum atomic E-state index is 10.0. The standard InChI is InChI=1S/C11H12BrN3O/c1-5-3-7(12)11(16)10(6(5)2)8-4-9(13)15-14-8/h3-4,16H,1-2H3,(H3,13,14,15). The number of H-pyrrole nitrogens is 1. The zero-order valence-electron chi connectivity index (χ0n) is 9.00. The summed E-state index contributed by atoms with van der Waals surface area (Å²) in [6, 6.07) is 3.59. The van der Waals surface area contributed by atoms with Crippen LogP contribution in [-0.2, 0) is 0 Å². The number of aromatic nitrogens is 2.